The van der Waals surface area contributed by atoms with Gasteiger partial charge in [0.15, 0.2) is 0 Å². The first-order chi connectivity index (χ1) is 28.4. The van der Waals surface area contributed by atoms with E-state index < -0.39 is 0 Å². The van der Waals surface area contributed by atoms with Crippen LogP contribution in [0.5, 0.6) is 0 Å². The lowest BCUT2D eigenvalue weighted by Gasteiger charge is -2.12. The van der Waals surface area contributed by atoms with Gasteiger partial charge >= 0.3 is 0 Å². The minimum Gasteiger partial charge on any atom is -0.339 e. The van der Waals surface area contributed by atoms with Crippen LogP contribution in [0.4, 0.5) is 0 Å². The molecule has 0 atom stereocenters. The van der Waals surface area contributed by atoms with E-state index in [0.29, 0.717) is 0 Å². The van der Waals surface area contributed by atoms with Gasteiger partial charge in [-0.1, -0.05) is 114 Å². The van der Waals surface area contributed by atoms with E-state index in [1.165, 1.54) is 125 Å². The lowest BCUT2D eigenvalue weighted by molar-refractivity contribution is 0.661. The maximum Gasteiger partial charge on any atom is 0.0754 e. The minimum absolute atomic E-state index is 0.829. The van der Waals surface area contributed by atoms with E-state index in [-0.39, 0.29) is 0 Å². The summed E-state index contributed by atoms with van der Waals surface area (Å²) in [5.41, 5.74) is 10.3. The fraction of sp³-hybridized carbons (Fsp3) is 0.400. The molecule has 0 aliphatic heterocycles. The molecule has 0 fully saturated rings. The predicted molar refractivity (Wildman–Crippen MR) is 264 cm³/mol. The van der Waals surface area contributed by atoms with Crippen LogP contribution in [0.25, 0.3) is 73.2 Å². The topological polar surface area (TPSA) is 9.86 Å². The number of benzene rings is 2. The van der Waals surface area contributed by atoms with E-state index in [2.05, 4.69) is 108 Å². The first-order valence-electron chi connectivity index (χ1n) is 21.8. The van der Waals surface area contributed by atoms with Crippen molar-refractivity contribution >= 4 is 101 Å². The third-order valence-electron chi connectivity index (χ3n) is 11.7. The number of hydrogen-bond donors (Lipinski definition) is 0. The van der Waals surface area contributed by atoms with E-state index in [0.717, 1.165) is 72.8 Å². The summed E-state index contributed by atoms with van der Waals surface area (Å²) in [5.74, 6) is 0. The van der Waals surface area contributed by atoms with Gasteiger partial charge in [-0.05, 0) is 109 Å². The molecular formula is C50H56Cl2N2S4. The van der Waals surface area contributed by atoms with Crippen molar-refractivity contribution < 1.29 is 0 Å². The molecule has 0 radical (unpaired) electrons. The molecule has 6 heterocycles. The second-order valence-electron chi connectivity index (χ2n) is 15.9. The first kappa shape index (κ1) is 41.9. The highest BCUT2D eigenvalue weighted by Gasteiger charge is 2.25. The van der Waals surface area contributed by atoms with Crippen LogP contribution >= 0.6 is 68.5 Å². The van der Waals surface area contributed by atoms with Crippen LogP contribution in [0, 0.1) is 0 Å². The van der Waals surface area contributed by atoms with Crippen LogP contribution in [0.3, 0.4) is 0 Å². The molecule has 0 saturated heterocycles. The average Bonchev–Trinajstić information content (AvgIpc) is 4.09. The number of rotatable bonds is 20. The van der Waals surface area contributed by atoms with Gasteiger partial charge in [0.1, 0.15) is 0 Å². The first-order valence-corrected chi connectivity index (χ1v) is 25.9. The summed E-state index contributed by atoms with van der Waals surface area (Å²) in [6.07, 6.45) is 16.8. The molecule has 2 nitrogen and oxygen atoms in total. The molecule has 58 heavy (non-hydrogen) atoms. The summed E-state index contributed by atoms with van der Waals surface area (Å²) in [6, 6.07) is 23.2. The zero-order valence-corrected chi connectivity index (χ0v) is 39.3. The molecule has 0 aliphatic rings. The average molecular weight is 884 g/mol. The van der Waals surface area contributed by atoms with Gasteiger partial charge in [0.2, 0.25) is 0 Å². The molecule has 304 valence electrons. The van der Waals surface area contributed by atoms with Crippen molar-refractivity contribution in [1.82, 2.24) is 9.13 Å². The Morgan fingerprint density at radius 1 is 0.483 bits per heavy atom. The largest absolute Gasteiger partial charge is 0.339 e. The van der Waals surface area contributed by atoms with E-state index in [4.69, 9.17) is 23.2 Å². The van der Waals surface area contributed by atoms with Crippen molar-refractivity contribution in [3.05, 3.63) is 92.6 Å². The van der Waals surface area contributed by atoms with Crippen LogP contribution < -0.4 is 0 Å². The van der Waals surface area contributed by atoms with Crippen molar-refractivity contribution in [2.24, 2.45) is 0 Å². The van der Waals surface area contributed by atoms with Crippen molar-refractivity contribution in [2.75, 3.05) is 0 Å². The predicted octanol–water partition coefficient (Wildman–Crippen LogP) is 18.8. The van der Waals surface area contributed by atoms with Gasteiger partial charge in [-0.3, -0.25) is 0 Å². The Morgan fingerprint density at radius 3 is 1.29 bits per heavy atom. The number of hydrogen-bond acceptors (Lipinski definition) is 4. The quantitative estimate of drug-likeness (QED) is 0.0675. The molecule has 8 heteroatoms. The van der Waals surface area contributed by atoms with Crippen molar-refractivity contribution in [1.29, 1.82) is 0 Å². The number of aryl methyl sites for hydroxylation is 4. The Labute approximate surface area is 371 Å². The monoisotopic (exact) mass is 882 g/mol. The van der Waals surface area contributed by atoms with Crippen LogP contribution in [0.15, 0.2) is 71.4 Å². The Balaban J connectivity index is 1.29. The van der Waals surface area contributed by atoms with Crippen molar-refractivity contribution in [3.63, 3.8) is 0 Å². The van der Waals surface area contributed by atoms with Crippen LogP contribution in [-0.2, 0) is 25.9 Å². The second kappa shape index (κ2) is 19.3. The second-order valence-corrected chi connectivity index (χ2v) is 20.7. The molecule has 0 amide bonds. The number of unbranched alkanes of at least 4 members (excludes halogenated alkanes) is 8. The zero-order chi connectivity index (χ0) is 40.2. The Kier molecular flexibility index (Phi) is 13.9. The maximum absolute atomic E-state index is 7.45. The Morgan fingerprint density at radius 2 is 0.914 bits per heavy atom. The summed E-state index contributed by atoms with van der Waals surface area (Å²) >= 11 is 22.4. The zero-order valence-electron chi connectivity index (χ0n) is 34.5. The lowest BCUT2D eigenvalue weighted by Crippen LogP contribution is -1.98. The Hall–Kier alpha value is -2.84. The fourth-order valence-electron chi connectivity index (χ4n) is 8.68. The standard InChI is InChI=1S/C50H56Cl2N2S4/c1-5-9-13-15-19-33-27-45(57-49(33)43-21-17-25-55-43)35-31-41-37(29-39(35)51)47-48(53(41)23-11-7-3)38-30-40(52)36(32-42(38)54(47)24-12-8-4)46-28-34(20-16-14-10-6-2)50(58-46)44-22-18-26-56-44/h17-18,21-22,25-32H,5-16,19-20,23-24H2,1-4H3. The van der Waals surface area contributed by atoms with Crippen molar-refractivity contribution in [3.8, 4) is 40.4 Å². The SMILES string of the molecule is CCCCCCc1cc(-c2cc3c(cc2Cl)c2c(c4cc(Cl)c(-c5cc(CCCCCC)c(-c6cccs6)s5)cc4n2CCCC)n3CCCC)sc1-c1cccs1. The van der Waals surface area contributed by atoms with Gasteiger partial charge in [-0.15, -0.1) is 45.3 Å². The number of fused-ring (bicyclic) bond motifs is 5. The molecule has 0 unspecified atom stereocenters. The smallest absolute Gasteiger partial charge is 0.0754 e. The highest BCUT2D eigenvalue weighted by Crippen LogP contribution is 2.49. The van der Waals surface area contributed by atoms with Gasteiger partial charge in [-0.2, -0.15) is 0 Å². The van der Waals surface area contributed by atoms with Crippen LogP contribution in [-0.4, -0.2) is 9.13 Å². The summed E-state index contributed by atoms with van der Waals surface area (Å²) in [5, 5.41) is 8.54. The molecule has 2 aromatic carbocycles. The normalized spacial score (nSPS) is 12.0. The van der Waals surface area contributed by atoms with E-state index in [1.807, 2.05) is 45.3 Å². The van der Waals surface area contributed by atoms with Crippen LogP contribution in [0.1, 0.15) is 116 Å². The lowest BCUT2D eigenvalue weighted by atomic mass is 10.0. The van der Waals surface area contributed by atoms with Crippen LogP contribution in [0.2, 0.25) is 10.0 Å². The summed E-state index contributed by atoms with van der Waals surface area (Å²) in [4.78, 5) is 8.06. The number of aromatic nitrogens is 2. The molecule has 0 bridgehead atoms. The van der Waals surface area contributed by atoms with Gasteiger partial charge in [0.25, 0.3) is 0 Å². The maximum atomic E-state index is 7.45. The van der Waals surface area contributed by atoms with E-state index in [1.54, 1.807) is 0 Å². The number of thiophene rings is 4. The van der Waals surface area contributed by atoms with Gasteiger partial charge < -0.3 is 9.13 Å². The molecule has 6 aromatic heterocycles. The van der Waals surface area contributed by atoms with E-state index >= 15 is 0 Å². The molecule has 8 rings (SSSR count). The molecule has 0 N–H and O–H groups in total. The molecule has 0 aliphatic carbocycles. The molecule has 0 saturated carbocycles. The summed E-state index contributed by atoms with van der Waals surface area (Å²) in [7, 11) is 0. The van der Waals surface area contributed by atoms with Gasteiger partial charge in [-0.25, -0.2) is 0 Å². The van der Waals surface area contributed by atoms with Gasteiger partial charge in [0, 0.05) is 64.3 Å². The minimum atomic E-state index is 0.829. The molecule has 8 aromatic rings. The molecule has 0 spiro atoms. The third kappa shape index (κ3) is 8.41. The van der Waals surface area contributed by atoms with Crippen molar-refractivity contribution in [2.45, 2.75) is 131 Å². The van der Waals surface area contributed by atoms with E-state index in [9.17, 15) is 0 Å². The summed E-state index contributed by atoms with van der Waals surface area (Å²) < 4.78 is 5.20. The fourth-order valence-corrected chi connectivity index (χ4v) is 13.6. The number of nitrogens with zero attached hydrogens (tertiary/aromatic N) is 2. The molecular weight excluding hydrogens is 828 g/mol. The van der Waals surface area contributed by atoms with Gasteiger partial charge in [0.05, 0.1) is 32.1 Å². The Bertz CT molecular complexity index is 2420. The third-order valence-corrected chi connectivity index (χ3v) is 16.9. The highest BCUT2D eigenvalue weighted by molar-refractivity contribution is 7.24. The highest BCUT2D eigenvalue weighted by atomic mass is 35.5. The number of halogens is 2. The summed E-state index contributed by atoms with van der Waals surface area (Å²) in [6.45, 7) is 11.1.